The van der Waals surface area contributed by atoms with Crippen LogP contribution in [0.2, 0.25) is 0 Å². The van der Waals surface area contributed by atoms with Crippen molar-refractivity contribution in [3.63, 3.8) is 0 Å². The number of anilines is 1. The molecule has 2 aromatic rings. The molecule has 1 aromatic heterocycles. The Morgan fingerprint density at radius 1 is 0.957 bits per heavy atom. The summed E-state index contributed by atoms with van der Waals surface area (Å²) < 4.78 is 0. The van der Waals surface area contributed by atoms with Gasteiger partial charge in [-0.05, 0) is 55.8 Å². The van der Waals surface area contributed by atoms with E-state index >= 15 is 0 Å². The number of nitrogens with one attached hydrogen (secondary N) is 1. The molecule has 4 aliphatic rings. The zero-order chi connectivity index (χ0) is 15.2. The third kappa shape index (κ3) is 2.49. The van der Waals surface area contributed by atoms with Crippen LogP contribution in [-0.4, -0.2) is 10.7 Å². The topological polar surface area (TPSA) is 37.3 Å². The standard InChI is InChI=1S/C19H21N3S/c1-2-4-14(5-3-1)17-11-23-19(20-17)22-21-18-15-7-12-6-13(9-15)10-16(18)8-12/h1-5,11-13,15-16H,6-10H2,(H,20,22). The predicted molar refractivity (Wildman–Crippen MR) is 95.7 cm³/mol. The Hall–Kier alpha value is -1.68. The number of thiazole rings is 1. The van der Waals surface area contributed by atoms with E-state index in [0.29, 0.717) is 0 Å². The highest BCUT2D eigenvalue weighted by molar-refractivity contribution is 7.14. The van der Waals surface area contributed by atoms with Crippen molar-refractivity contribution in [2.75, 3.05) is 5.43 Å². The van der Waals surface area contributed by atoms with Crippen LogP contribution in [0.3, 0.4) is 0 Å². The van der Waals surface area contributed by atoms with E-state index in [-0.39, 0.29) is 0 Å². The Labute approximate surface area is 140 Å². The zero-order valence-corrected chi connectivity index (χ0v) is 13.9. The van der Waals surface area contributed by atoms with Gasteiger partial charge >= 0.3 is 0 Å². The molecule has 1 N–H and O–H groups in total. The number of rotatable bonds is 3. The molecule has 0 amide bonds. The van der Waals surface area contributed by atoms with Crippen molar-refractivity contribution in [2.24, 2.45) is 28.8 Å². The predicted octanol–water partition coefficient (Wildman–Crippen LogP) is 5.03. The van der Waals surface area contributed by atoms with E-state index in [1.165, 1.54) is 43.4 Å². The monoisotopic (exact) mass is 323 g/mol. The van der Waals surface area contributed by atoms with E-state index in [1.807, 2.05) is 6.07 Å². The van der Waals surface area contributed by atoms with E-state index in [9.17, 15) is 0 Å². The Balaban J connectivity index is 1.34. The summed E-state index contributed by atoms with van der Waals surface area (Å²) in [6.07, 6.45) is 6.99. The number of hydrogen-bond donors (Lipinski definition) is 1. The van der Waals surface area contributed by atoms with Crippen LogP contribution in [0.15, 0.2) is 40.8 Å². The number of aromatic nitrogens is 1. The zero-order valence-electron chi connectivity index (χ0n) is 13.1. The Kier molecular flexibility index (Phi) is 3.25. The fourth-order valence-electron chi connectivity index (χ4n) is 5.03. The largest absolute Gasteiger partial charge is 0.253 e. The highest BCUT2D eigenvalue weighted by Crippen LogP contribution is 2.52. The van der Waals surface area contributed by atoms with Gasteiger partial charge in [0.1, 0.15) is 0 Å². The number of nitrogens with zero attached hydrogens (tertiary/aromatic N) is 2. The minimum Gasteiger partial charge on any atom is -0.253 e. The molecule has 118 valence electrons. The molecule has 4 aliphatic carbocycles. The lowest BCUT2D eigenvalue weighted by Gasteiger charge is -2.50. The van der Waals surface area contributed by atoms with Gasteiger partial charge in [0, 0.05) is 16.7 Å². The van der Waals surface area contributed by atoms with Crippen molar-refractivity contribution in [3.8, 4) is 11.3 Å². The SMILES string of the molecule is c1ccc(-c2csc(NN=C3C4CC5CC(C4)CC3C5)n2)cc1. The first-order valence-corrected chi connectivity index (χ1v) is 9.57. The van der Waals surface area contributed by atoms with Crippen LogP contribution in [0.5, 0.6) is 0 Å². The molecule has 0 radical (unpaired) electrons. The molecule has 0 saturated heterocycles. The second kappa shape index (κ2) is 5.45. The molecule has 4 heteroatoms. The lowest BCUT2D eigenvalue weighted by atomic mass is 9.55. The maximum absolute atomic E-state index is 4.81. The maximum atomic E-state index is 4.81. The third-order valence-electron chi connectivity index (χ3n) is 5.83. The summed E-state index contributed by atoms with van der Waals surface area (Å²) in [5, 5.41) is 7.83. The molecule has 0 aliphatic heterocycles. The molecule has 0 spiro atoms. The summed E-state index contributed by atoms with van der Waals surface area (Å²) in [5.74, 6) is 3.46. The molecule has 3 nitrogen and oxygen atoms in total. The number of hydrogen-bond acceptors (Lipinski definition) is 4. The molecule has 4 bridgehead atoms. The average molecular weight is 323 g/mol. The van der Waals surface area contributed by atoms with Crippen molar-refractivity contribution in [1.82, 2.24) is 4.98 Å². The summed E-state index contributed by atoms with van der Waals surface area (Å²) in [6, 6.07) is 10.3. The smallest absolute Gasteiger partial charge is 0.203 e. The van der Waals surface area contributed by atoms with Gasteiger partial charge in [-0.3, -0.25) is 5.43 Å². The molecule has 1 heterocycles. The number of benzene rings is 1. The molecule has 23 heavy (non-hydrogen) atoms. The van der Waals surface area contributed by atoms with Crippen LogP contribution in [-0.2, 0) is 0 Å². The normalized spacial score (nSPS) is 31.4. The summed E-state index contributed by atoms with van der Waals surface area (Å²) in [5.41, 5.74) is 6.89. The minimum absolute atomic E-state index is 0.743. The highest BCUT2D eigenvalue weighted by Gasteiger charge is 2.46. The second-order valence-corrected chi connectivity index (χ2v) is 8.21. The average Bonchev–Trinajstić information content (AvgIpc) is 3.03. The summed E-state index contributed by atoms with van der Waals surface area (Å²) in [4.78, 5) is 4.68. The number of hydrazone groups is 1. The quantitative estimate of drug-likeness (QED) is 0.804. The van der Waals surface area contributed by atoms with Gasteiger partial charge in [-0.2, -0.15) is 5.10 Å². The van der Waals surface area contributed by atoms with Gasteiger partial charge in [0.15, 0.2) is 0 Å². The van der Waals surface area contributed by atoms with E-state index in [1.54, 1.807) is 11.3 Å². The van der Waals surface area contributed by atoms with Crippen LogP contribution in [0.4, 0.5) is 5.13 Å². The molecule has 6 rings (SSSR count). The summed E-state index contributed by atoms with van der Waals surface area (Å²) >= 11 is 1.64. The summed E-state index contributed by atoms with van der Waals surface area (Å²) in [7, 11) is 0. The lowest BCUT2D eigenvalue weighted by Crippen LogP contribution is -2.45. The second-order valence-electron chi connectivity index (χ2n) is 7.36. The fraction of sp³-hybridized carbons (Fsp3) is 0.474. The van der Waals surface area contributed by atoms with Gasteiger partial charge in [0.05, 0.1) is 5.69 Å². The molecule has 1 aromatic carbocycles. The molecular formula is C19H21N3S. The van der Waals surface area contributed by atoms with Gasteiger partial charge in [0.25, 0.3) is 0 Å². The van der Waals surface area contributed by atoms with E-state index in [0.717, 1.165) is 34.5 Å². The van der Waals surface area contributed by atoms with Gasteiger partial charge in [-0.25, -0.2) is 4.98 Å². The Bertz CT molecular complexity index is 704. The van der Waals surface area contributed by atoms with Crippen LogP contribution >= 0.6 is 11.3 Å². The first kappa shape index (κ1) is 13.7. The lowest BCUT2D eigenvalue weighted by molar-refractivity contribution is 0.108. The van der Waals surface area contributed by atoms with Crippen LogP contribution in [0, 0.1) is 23.7 Å². The molecule has 4 fully saturated rings. The Morgan fingerprint density at radius 3 is 2.35 bits per heavy atom. The minimum atomic E-state index is 0.743. The maximum Gasteiger partial charge on any atom is 0.203 e. The van der Waals surface area contributed by atoms with E-state index < -0.39 is 0 Å². The first-order valence-electron chi connectivity index (χ1n) is 8.69. The van der Waals surface area contributed by atoms with Crippen molar-refractivity contribution in [1.29, 1.82) is 0 Å². The highest BCUT2D eigenvalue weighted by atomic mass is 32.1. The first-order chi connectivity index (χ1) is 11.3. The third-order valence-corrected chi connectivity index (χ3v) is 6.58. The molecule has 0 atom stereocenters. The fourth-order valence-corrected chi connectivity index (χ4v) is 5.69. The van der Waals surface area contributed by atoms with Crippen LogP contribution < -0.4 is 5.43 Å². The van der Waals surface area contributed by atoms with Gasteiger partial charge in [-0.15, -0.1) is 11.3 Å². The van der Waals surface area contributed by atoms with Crippen LogP contribution in [0.1, 0.15) is 32.1 Å². The van der Waals surface area contributed by atoms with Gasteiger partial charge in [-0.1, -0.05) is 30.3 Å². The molecule has 0 unspecified atom stereocenters. The van der Waals surface area contributed by atoms with Crippen molar-refractivity contribution >= 4 is 22.2 Å². The van der Waals surface area contributed by atoms with E-state index in [4.69, 9.17) is 5.10 Å². The molecular weight excluding hydrogens is 302 g/mol. The Morgan fingerprint density at radius 2 is 1.65 bits per heavy atom. The molecule has 4 saturated carbocycles. The van der Waals surface area contributed by atoms with Gasteiger partial charge < -0.3 is 0 Å². The van der Waals surface area contributed by atoms with Crippen molar-refractivity contribution < 1.29 is 0 Å². The van der Waals surface area contributed by atoms with E-state index in [2.05, 4.69) is 40.1 Å². The van der Waals surface area contributed by atoms with Gasteiger partial charge in [0.2, 0.25) is 5.13 Å². The van der Waals surface area contributed by atoms with Crippen LogP contribution in [0.25, 0.3) is 11.3 Å². The van der Waals surface area contributed by atoms with Crippen molar-refractivity contribution in [2.45, 2.75) is 32.1 Å². The summed E-state index contributed by atoms with van der Waals surface area (Å²) in [6.45, 7) is 0. The van der Waals surface area contributed by atoms with Crippen molar-refractivity contribution in [3.05, 3.63) is 35.7 Å².